The average molecular weight is 225 g/mol. The number of halogens is 1. The van der Waals surface area contributed by atoms with E-state index in [0.717, 1.165) is 5.69 Å². The molecular weight excluding hydrogens is 216 g/mol. The lowest BCUT2D eigenvalue weighted by Gasteiger charge is -2.19. The van der Waals surface area contributed by atoms with E-state index < -0.39 is 12.0 Å². The number of aliphatic carboxylic acids is 1. The van der Waals surface area contributed by atoms with Crippen LogP contribution in [0, 0.1) is 0 Å². The number of nitrogens with zero attached hydrogens (tertiary/aromatic N) is 1. The monoisotopic (exact) mass is 224 g/mol. The molecule has 1 aliphatic heterocycles. The second-order valence-electron chi connectivity index (χ2n) is 3.11. The van der Waals surface area contributed by atoms with Crippen LogP contribution < -0.4 is 10.4 Å². The Hall–Kier alpha value is -1.52. The molecule has 0 spiro atoms. The first-order chi connectivity index (χ1) is 7.18. The van der Waals surface area contributed by atoms with Gasteiger partial charge in [0.15, 0.2) is 0 Å². The van der Waals surface area contributed by atoms with E-state index in [9.17, 15) is 4.79 Å². The van der Waals surface area contributed by atoms with Crippen molar-refractivity contribution >= 4 is 23.3 Å². The van der Waals surface area contributed by atoms with Gasteiger partial charge in [-0.15, -0.1) is 0 Å². The summed E-state index contributed by atoms with van der Waals surface area (Å²) in [5.41, 5.74) is 3.57. The van der Waals surface area contributed by atoms with Crippen molar-refractivity contribution in [2.75, 3.05) is 5.01 Å². The number of carboxylic acids is 1. The Bertz CT molecular complexity index is 405. The Kier molecular flexibility index (Phi) is 2.62. The number of benzene rings is 1. The van der Waals surface area contributed by atoms with E-state index in [1.807, 2.05) is 30.3 Å². The van der Waals surface area contributed by atoms with Crippen LogP contribution in [0.3, 0.4) is 0 Å². The van der Waals surface area contributed by atoms with Crippen LogP contribution in [0.15, 0.2) is 41.6 Å². The highest BCUT2D eigenvalue weighted by atomic mass is 35.5. The van der Waals surface area contributed by atoms with Crippen LogP contribution in [0.4, 0.5) is 5.69 Å². The molecule has 78 valence electrons. The molecule has 0 saturated heterocycles. The van der Waals surface area contributed by atoms with E-state index in [1.165, 1.54) is 6.08 Å². The first-order valence-corrected chi connectivity index (χ1v) is 4.78. The zero-order valence-electron chi connectivity index (χ0n) is 7.72. The third kappa shape index (κ3) is 1.95. The fourth-order valence-electron chi connectivity index (χ4n) is 1.35. The zero-order chi connectivity index (χ0) is 10.8. The number of hydrazine groups is 1. The SMILES string of the molecule is O=C(O)C1C=C(Cl)N(c2ccccc2)N1. The van der Waals surface area contributed by atoms with E-state index in [0.29, 0.717) is 5.16 Å². The fraction of sp³-hybridized carbons (Fsp3) is 0.100. The molecule has 2 N–H and O–H groups in total. The maximum Gasteiger partial charge on any atom is 0.326 e. The van der Waals surface area contributed by atoms with E-state index in [2.05, 4.69) is 5.43 Å². The van der Waals surface area contributed by atoms with Gasteiger partial charge in [-0.25, -0.2) is 5.43 Å². The van der Waals surface area contributed by atoms with Gasteiger partial charge in [0.05, 0.1) is 5.69 Å². The van der Waals surface area contributed by atoms with Crippen molar-refractivity contribution in [3.8, 4) is 0 Å². The summed E-state index contributed by atoms with van der Waals surface area (Å²) in [6.45, 7) is 0. The number of anilines is 1. The van der Waals surface area contributed by atoms with E-state index >= 15 is 0 Å². The van der Waals surface area contributed by atoms with Crippen molar-refractivity contribution in [2.45, 2.75) is 6.04 Å². The lowest BCUT2D eigenvalue weighted by molar-refractivity contribution is -0.137. The summed E-state index contributed by atoms with van der Waals surface area (Å²) in [6.07, 6.45) is 1.46. The molecule has 4 nitrogen and oxygen atoms in total. The Labute approximate surface area is 91.7 Å². The first kappa shape index (κ1) is 10.0. The molecule has 15 heavy (non-hydrogen) atoms. The zero-order valence-corrected chi connectivity index (χ0v) is 8.48. The van der Waals surface area contributed by atoms with Crippen LogP contribution in [0.5, 0.6) is 0 Å². The molecule has 0 aliphatic carbocycles. The van der Waals surface area contributed by atoms with Crippen LogP contribution >= 0.6 is 11.6 Å². The predicted octanol–water partition coefficient (Wildman–Crippen LogP) is 1.54. The molecule has 0 fully saturated rings. The van der Waals surface area contributed by atoms with Gasteiger partial charge in [0.25, 0.3) is 0 Å². The van der Waals surface area contributed by atoms with Gasteiger partial charge in [-0.3, -0.25) is 9.80 Å². The minimum absolute atomic E-state index is 0.369. The van der Waals surface area contributed by atoms with E-state index in [-0.39, 0.29) is 0 Å². The Balaban J connectivity index is 2.22. The molecule has 1 heterocycles. The normalized spacial score (nSPS) is 20.2. The highest BCUT2D eigenvalue weighted by molar-refractivity contribution is 6.31. The fourth-order valence-corrected chi connectivity index (χ4v) is 1.62. The highest BCUT2D eigenvalue weighted by Crippen LogP contribution is 2.23. The molecule has 1 aliphatic rings. The second kappa shape index (κ2) is 3.92. The number of carboxylic acid groups (broad SMARTS) is 1. The maximum atomic E-state index is 10.7. The number of hydrogen-bond donors (Lipinski definition) is 2. The molecule has 0 aromatic heterocycles. The third-order valence-electron chi connectivity index (χ3n) is 2.07. The number of hydrogen-bond acceptors (Lipinski definition) is 3. The van der Waals surface area contributed by atoms with E-state index in [4.69, 9.17) is 16.7 Å². The number of rotatable bonds is 2. The quantitative estimate of drug-likeness (QED) is 0.749. The smallest absolute Gasteiger partial charge is 0.326 e. The van der Waals surface area contributed by atoms with Gasteiger partial charge in [0.2, 0.25) is 0 Å². The van der Waals surface area contributed by atoms with Gasteiger partial charge in [0.1, 0.15) is 11.2 Å². The summed E-state index contributed by atoms with van der Waals surface area (Å²) in [7, 11) is 0. The van der Waals surface area contributed by atoms with Gasteiger partial charge >= 0.3 is 5.97 Å². The molecule has 0 saturated carbocycles. The largest absolute Gasteiger partial charge is 0.480 e. The molecule has 0 amide bonds. The molecular formula is C10H9ClN2O2. The molecule has 1 aromatic rings. The van der Waals surface area contributed by atoms with Gasteiger partial charge in [-0.05, 0) is 18.2 Å². The second-order valence-corrected chi connectivity index (χ2v) is 3.49. The van der Waals surface area contributed by atoms with Gasteiger partial charge in [-0.1, -0.05) is 29.8 Å². The minimum atomic E-state index is -0.952. The number of carbonyl (C=O) groups is 1. The van der Waals surface area contributed by atoms with Gasteiger partial charge in [-0.2, -0.15) is 0 Å². The van der Waals surface area contributed by atoms with Crippen molar-refractivity contribution in [1.29, 1.82) is 0 Å². The Morgan fingerprint density at radius 3 is 2.60 bits per heavy atom. The summed E-state index contributed by atoms with van der Waals surface area (Å²) in [6, 6.07) is 8.51. The number of nitrogens with one attached hydrogen (secondary N) is 1. The molecule has 1 aromatic carbocycles. The molecule has 1 atom stereocenters. The Morgan fingerprint density at radius 1 is 1.40 bits per heavy atom. The lowest BCUT2D eigenvalue weighted by atomic mass is 10.3. The summed E-state index contributed by atoms with van der Waals surface area (Å²) in [5, 5.41) is 10.7. The summed E-state index contributed by atoms with van der Waals surface area (Å²) < 4.78 is 0. The summed E-state index contributed by atoms with van der Waals surface area (Å²) >= 11 is 5.91. The topological polar surface area (TPSA) is 52.6 Å². The highest BCUT2D eigenvalue weighted by Gasteiger charge is 2.27. The number of para-hydroxylation sites is 1. The van der Waals surface area contributed by atoms with Gasteiger partial charge in [0, 0.05) is 0 Å². The molecule has 0 radical (unpaired) electrons. The van der Waals surface area contributed by atoms with Crippen molar-refractivity contribution in [3.63, 3.8) is 0 Å². The van der Waals surface area contributed by atoms with Crippen LogP contribution in [0.25, 0.3) is 0 Å². The standard InChI is InChI=1S/C10H9ClN2O2/c11-9-6-8(10(14)15)12-13(9)7-4-2-1-3-5-7/h1-6,8,12H,(H,14,15). The van der Waals surface area contributed by atoms with Crippen molar-refractivity contribution in [2.24, 2.45) is 0 Å². The summed E-state index contributed by atoms with van der Waals surface area (Å²) in [5.74, 6) is -0.952. The predicted molar refractivity (Wildman–Crippen MR) is 57.4 cm³/mol. The maximum absolute atomic E-state index is 10.7. The van der Waals surface area contributed by atoms with Crippen molar-refractivity contribution in [1.82, 2.24) is 5.43 Å². The molecule has 1 unspecified atom stereocenters. The average Bonchev–Trinajstić information content (AvgIpc) is 2.62. The van der Waals surface area contributed by atoms with Crippen LogP contribution in [0.2, 0.25) is 0 Å². The van der Waals surface area contributed by atoms with Crippen molar-refractivity contribution in [3.05, 3.63) is 41.6 Å². The molecule has 2 rings (SSSR count). The third-order valence-corrected chi connectivity index (χ3v) is 2.36. The van der Waals surface area contributed by atoms with Crippen molar-refractivity contribution < 1.29 is 9.90 Å². The lowest BCUT2D eigenvalue weighted by Crippen LogP contribution is -2.40. The minimum Gasteiger partial charge on any atom is -0.480 e. The van der Waals surface area contributed by atoms with Gasteiger partial charge < -0.3 is 5.11 Å². The molecule has 0 bridgehead atoms. The van der Waals surface area contributed by atoms with Crippen LogP contribution in [-0.2, 0) is 4.79 Å². The van der Waals surface area contributed by atoms with Crippen LogP contribution in [0.1, 0.15) is 0 Å². The first-order valence-electron chi connectivity index (χ1n) is 4.40. The summed E-state index contributed by atoms with van der Waals surface area (Å²) in [4.78, 5) is 10.7. The molecule has 5 heteroatoms. The Morgan fingerprint density at radius 2 is 2.07 bits per heavy atom. The van der Waals surface area contributed by atoms with E-state index in [1.54, 1.807) is 5.01 Å². The van der Waals surface area contributed by atoms with Crippen LogP contribution in [-0.4, -0.2) is 17.1 Å².